The number of carbonyl (C=O) groups excluding carboxylic acids is 1. The molecule has 1 aliphatic rings. The second-order valence-corrected chi connectivity index (χ2v) is 6.58. The van der Waals surface area contributed by atoms with Gasteiger partial charge in [-0.05, 0) is 23.3 Å². The van der Waals surface area contributed by atoms with E-state index in [2.05, 4.69) is 15.3 Å². The number of aromatic nitrogens is 2. The third kappa shape index (κ3) is 4.28. The van der Waals surface area contributed by atoms with Gasteiger partial charge in [0.15, 0.2) is 11.5 Å². The van der Waals surface area contributed by atoms with Crippen molar-refractivity contribution in [3.05, 3.63) is 83.9 Å². The van der Waals surface area contributed by atoms with Crippen LogP contribution in [0.25, 0.3) is 0 Å². The molecule has 1 aliphatic heterocycles. The highest BCUT2D eigenvalue weighted by molar-refractivity contribution is 5.77. The Kier molecular flexibility index (Phi) is 5.47. The first-order valence-electron chi connectivity index (χ1n) is 9.25. The number of amides is 1. The number of nitrogens with zero attached hydrogens (tertiary/aromatic N) is 2. The molecule has 3 aromatic rings. The van der Waals surface area contributed by atoms with Crippen LogP contribution in [0.2, 0.25) is 0 Å². The first-order chi connectivity index (χ1) is 13.8. The standard InChI is InChI=1S/C22H21N3O3/c26-22(25-9-8-18-14-23-10-11-24-18)13-19(16-4-2-1-3-5-16)17-6-7-20-21(12-17)28-15-27-20/h1-7,10-12,14,19H,8-9,13,15H2,(H,25,26)/t19-/m1/s1. The summed E-state index contributed by atoms with van der Waals surface area (Å²) in [5.41, 5.74) is 2.98. The third-order valence-electron chi connectivity index (χ3n) is 4.71. The normalized spacial score (nSPS) is 13.1. The van der Waals surface area contributed by atoms with Gasteiger partial charge in [0.25, 0.3) is 0 Å². The summed E-state index contributed by atoms with van der Waals surface area (Å²) in [5, 5.41) is 2.99. The van der Waals surface area contributed by atoms with Crippen molar-refractivity contribution in [3.8, 4) is 11.5 Å². The molecule has 0 spiro atoms. The van der Waals surface area contributed by atoms with E-state index in [0.29, 0.717) is 19.4 Å². The van der Waals surface area contributed by atoms with Crippen molar-refractivity contribution < 1.29 is 14.3 Å². The molecule has 0 unspecified atom stereocenters. The van der Waals surface area contributed by atoms with Gasteiger partial charge in [-0.3, -0.25) is 14.8 Å². The Labute approximate surface area is 163 Å². The minimum absolute atomic E-state index is 0.00425. The molecule has 0 fully saturated rings. The maximum Gasteiger partial charge on any atom is 0.231 e. The number of nitrogens with one attached hydrogen (secondary N) is 1. The summed E-state index contributed by atoms with van der Waals surface area (Å²) < 4.78 is 10.9. The average molecular weight is 375 g/mol. The summed E-state index contributed by atoms with van der Waals surface area (Å²) in [6.07, 6.45) is 6.01. The van der Waals surface area contributed by atoms with Crippen LogP contribution in [0, 0.1) is 0 Å². The van der Waals surface area contributed by atoms with Crippen LogP contribution in [-0.2, 0) is 11.2 Å². The largest absolute Gasteiger partial charge is 0.454 e. The van der Waals surface area contributed by atoms with E-state index in [1.165, 1.54) is 0 Å². The van der Waals surface area contributed by atoms with Gasteiger partial charge in [0, 0.05) is 43.9 Å². The van der Waals surface area contributed by atoms with Crippen LogP contribution in [0.4, 0.5) is 0 Å². The van der Waals surface area contributed by atoms with Crippen LogP contribution < -0.4 is 14.8 Å². The molecule has 6 heteroatoms. The van der Waals surface area contributed by atoms with Crippen LogP contribution in [0.3, 0.4) is 0 Å². The molecule has 0 bridgehead atoms. The zero-order valence-corrected chi connectivity index (χ0v) is 15.4. The van der Waals surface area contributed by atoms with Crippen molar-refractivity contribution in [2.24, 2.45) is 0 Å². The van der Waals surface area contributed by atoms with E-state index >= 15 is 0 Å². The minimum atomic E-state index is -0.0628. The maximum absolute atomic E-state index is 12.6. The van der Waals surface area contributed by atoms with Crippen molar-refractivity contribution >= 4 is 5.91 Å². The number of rotatable bonds is 7. The van der Waals surface area contributed by atoms with E-state index in [1.807, 2.05) is 48.5 Å². The smallest absolute Gasteiger partial charge is 0.231 e. The molecule has 2 aromatic carbocycles. The lowest BCUT2D eigenvalue weighted by Crippen LogP contribution is -2.27. The van der Waals surface area contributed by atoms with Crippen LogP contribution >= 0.6 is 0 Å². The number of hydrogen-bond donors (Lipinski definition) is 1. The molecule has 2 heterocycles. The van der Waals surface area contributed by atoms with Crippen LogP contribution in [0.15, 0.2) is 67.1 Å². The lowest BCUT2D eigenvalue weighted by molar-refractivity contribution is -0.121. The van der Waals surface area contributed by atoms with Gasteiger partial charge in [-0.1, -0.05) is 36.4 Å². The highest BCUT2D eigenvalue weighted by Gasteiger charge is 2.21. The molecule has 0 saturated carbocycles. The lowest BCUT2D eigenvalue weighted by Gasteiger charge is -2.18. The zero-order valence-electron chi connectivity index (χ0n) is 15.4. The zero-order chi connectivity index (χ0) is 19.2. The molecule has 1 amide bonds. The van der Waals surface area contributed by atoms with Crippen LogP contribution in [0.5, 0.6) is 11.5 Å². The first kappa shape index (κ1) is 18.0. The van der Waals surface area contributed by atoms with Gasteiger partial charge >= 0.3 is 0 Å². The van der Waals surface area contributed by atoms with E-state index in [0.717, 1.165) is 28.3 Å². The molecule has 6 nitrogen and oxygen atoms in total. The molecule has 1 atom stereocenters. The second kappa shape index (κ2) is 8.52. The van der Waals surface area contributed by atoms with Gasteiger partial charge in [0.05, 0.1) is 5.69 Å². The molecule has 0 aliphatic carbocycles. The van der Waals surface area contributed by atoms with Crippen molar-refractivity contribution in [1.82, 2.24) is 15.3 Å². The minimum Gasteiger partial charge on any atom is -0.454 e. The summed E-state index contributed by atoms with van der Waals surface area (Å²) in [5.74, 6) is 1.40. The molecular weight excluding hydrogens is 354 g/mol. The summed E-state index contributed by atoms with van der Waals surface area (Å²) in [7, 11) is 0. The summed E-state index contributed by atoms with van der Waals surface area (Å²) in [4.78, 5) is 20.9. The quantitative estimate of drug-likeness (QED) is 0.687. The fraction of sp³-hybridized carbons (Fsp3) is 0.227. The van der Waals surface area contributed by atoms with Gasteiger partial charge in [0.1, 0.15) is 0 Å². The highest BCUT2D eigenvalue weighted by Crippen LogP contribution is 2.37. The van der Waals surface area contributed by atoms with Crippen LogP contribution in [-0.4, -0.2) is 29.2 Å². The van der Waals surface area contributed by atoms with Gasteiger partial charge < -0.3 is 14.8 Å². The molecule has 28 heavy (non-hydrogen) atoms. The highest BCUT2D eigenvalue weighted by atomic mass is 16.7. The first-order valence-corrected chi connectivity index (χ1v) is 9.25. The number of fused-ring (bicyclic) bond motifs is 1. The van der Waals surface area contributed by atoms with Crippen molar-refractivity contribution in [3.63, 3.8) is 0 Å². The predicted octanol–water partition coefficient (Wildman–Crippen LogP) is 3.09. The van der Waals surface area contributed by atoms with Gasteiger partial charge in [-0.15, -0.1) is 0 Å². The Morgan fingerprint density at radius 2 is 1.89 bits per heavy atom. The van der Waals surface area contributed by atoms with Crippen molar-refractivity contribution in [1.29, 1.82) is 0 Å². The lowest BCUT2D eigenvalue weighted by atomic mass is 9.88. The molecular formula is C22H21N3O3. The second-order valence-electron chi connectivity index (χ2n) is 6.58. The molecule has 0 saturated heterocycles. The van der Waals surface area contributed by atoms with Crippen molar-refractivity contribution in [2.45, 2.75) is 18.8 Å². The van der Waals surface area contributed by atoms with Crippen molar-refractivity contribution in [2.75, 3.05) is 13.3 Å². The van der Waals surface area contributed by atoms with E-state index < -0.39 is 0 Å². The van der Waals surface area contributed by atoms with Gasteiger partial charge in [0.2, 0.25) is 12.7 Å². The Bertz CT molecular complexity index is 932. The van der Waals surface area contributed by atoms with E-state index in [1.54, 1.807) is 18.6 Å². The maximum atomic E-state index is 12.6. The molecule has 1 N–H and O–H groups in total. The fourth-order valence-corrected chi connectivity index (χ4v) is 3.29. The van der Waals surface area contributed by atoms with E-state index in [-0.39, 0.29) is 18.6 Å². The molecule has 0 radical (unpaired) electrons. The Balaban J connectivity index is 1.46. The average Bonchev–Trinajstić information content (AvgIpc) is 3.21. The number of benzene rings is 2. The Hall–Kier alpha value is -3.41. The molecule has 1 aromatic heterocycles. The SMILES string of the molecule is O=C(C[C@H](c1ccccc1)c1ccc2c(c1)OCO2)NCCc1cnccn1. The summed E-state index contributed by atoms with van der Waals surface area (Å²) >= 11 is 0. The van der Waals surface area contributed by atoms with Crippen LogP contribution in [0.1, 0.15) is 29.2 Å². The number of carbonyl (C=O) groups is 1. The topological polar surface area (TPSA) is 73.3 Å². The van der Waals surface area contributed by atoms with E-state index in [4.69, 9.17) is 9.47 Å². The Morgan fingerprint density at radius 1 is 1.04 bits per heavy atom. The van der Waals surface area contributed by atoms with E-state index in [9.17, 15) is 4.79 Å². The molecule has 142 valence electrons. The monoisotopic (exact) mass is 375 g/mol. The predicted molar refractivity (Wildman–Crippen MR) is 104 cm³/mol. The number of ether oxygens (including phenoxy) is 2. The van der Waals surface area contributed by atoms with Gasteiger partial charge in [-0.25, -0.2) is 0 Å². The fourth-order valence-electron chi connectivity index (χ4n) is 3.29. The molecule has 4 rings (SSSR count). The Morgan fingerprint density at radius 3 is 2.71 bits per heavy atom. The number of hydrogen-bond acceptors (Lipinski definition) is 5. The summed E-state index contributed by atoms with van der Waals surface area (Å²) in [6, 6.07) is 15.9. The third-order valence-corrected chi connectivity index (χ3v) is 4.71. The summed E-state index contributed by atoms with van der Waals surface area (Å²) in [6.45, 7) is 0.762. The van der Waals surface area contributed by atoms with Gasteiger partial charge in [-0.2, -0.15) is 0 Å².